The minimum absolute atomic E-state index is 0.0313. The Morgan fingerprint density at radius 1 is 1.08 bits per heavy atom. The zero-order chi connectivity index (χ0) is 19.1. The first-order valence-electron chi connectivity index (χ1n) is 9.09. The number of amides is 1. The molecule has 1 aromatic heterocycles. The molecule has 2 aromatic rings. The van der Waals surface area contributed by atoms with Gasteiger partial charge in [-0.1, -0.05) is 30.3 Å². The fourth-order valence-electron chi connectivity index (χ4n) is 2.91. The molecule has 140 valence electrons. The second-order valence-electron chi connectivity index (χ2n) is 7.15. The molecule has 0 saturated heterocycles. The fraction of sp³-hybridized carbons (Fsp3) is 0.429. The summed E-state index contributed by atoms with van der Waals surface area (Å²) in [6, 6.07) is 14.5. The van der Waals surface area contributed by atoms with E-state index in [0.29, 0.717) is 17.4 Å². The maximum Gasteiger partial charge on any atom is 0.255 e. The van der Waals surface area contributed by atoms with Crippen LogP contribution in [0.2, 0.25) is 0 Å². The molecule has 1 N–H and O–H groups in total. The molecule has 1 unspecified atom stereocenters. The summed E-state index contributed by atoms with van der Waals surface area (Å²) in [5.74, 6) is 0.597. The van der Waals surface area contributed by atoms with Gasteiger partial charge in [-0.2, -0.15) is 0 Å². The van der Waals surface area contributed by atoms with Crippen LogP contribution in [0.1, 0.15) is 36.7 Å². The second-order valence-corrected chi connectivity index (χ2v) is 7.15. The van der Waals surface area contributed by atoms with E-state index in [2.05, 4.69) is 53.3 Å². The number of carbonyl (C=O) groups is 1. The SMILES string of the molecule is CC(CN(Cc1ccccc1)C(C)C)NC(=O)c1cccnc1N(C)C. The highest BCUT2D eigenvalue weighted by atomic mass is 16.1. The van der Waals surface area contributed by atoms with Crippen molar-refractivity contribution in [1.29, 1.82) is 0 Å². The van der Waals surface area contributed by atoms with E-state index < -0.39 is 0 Å². The number of hydrogen-bond donors (Lipinski definition) is 1. The third-order valence-electron chi connectivity index (χ3n) is 4.30. The van der Waals surface area contributed by atoms with E-state index >= 15 is 0 Å². The van der Waals surface area contributed by atoms with E-state index in [1.165, 1.54) is 5.56 Å². The van der Waals surface area contributed by atoms with Crippen LogP contribution < -0.4 is 10.2 Å². The average Bonchev–Trinajstić information content (AvgIpc) is 2.61. The van der Waals surface area contributed by atoms with Gasteiger partial charge in [0, 0.05) is 45.5 Å². The molecule has 0 saturated carbocycles. The van der Waals surface area contributed by atoms with Gasteiger partial charge in [0.1, 0.15) is 5.82 Å². The van der Waals surface area contributed by atoms with Crippen LogP contribution in [-0.2, 0) is 6.54 Å². The highest BCUT2D eigenvalue weighted by Crippen LogP contribution is 2.15. The number of carbonyl (C=O) groups excluding carboxylic acids is 1. The molecule has 0 bridgehead atoms. The van der Waals surface area contributed by atoms with Gasteiger partial charge in [0.25, 0.3) is 5.91 Å². The number of anilines is 1. The smallest absolute Gasteiger partial charge is 0.255 e. The first kappa shape index (κ1) is 19.9. The topological polar surface area (TPSA) is 48.5 Å². The zero-order valence-electron chi connectivity index (χ0n) is 16.4. The molecule has 2 rings (SSSR count). The van der Waals surface area contributed by atoms with E-state index in [1.807, 2.05) is 38.1 Å². The standard InChI is InChI=1S/C21H30N4O/c1-16(2)25(15-18-10-7-6-8-11-18)14-17(3)23-21(26)19-12-9-13-22-20(19)24(4)5/h6-13,16-17H,14-15H2,1-5H3,(H,23,26). The third-order valence-corrected chi connectivity index (χ3v) is 4.30. The summed E-state index contributed by atoms with van der Waals surface area (Å²) < 4.78 is 0. The van der Waals surface area contributed by atoms with Crippen LogP contribution in [0, 0.1) is 0 Å². The van der Waals surface area contributed by atoms with E-state index in [4.69, 9.17) is 0 Å². The quantitative estimate of drug-likeness (QED) is 0.791. The normalized spacial score (nSPS) is 12.3. The third kappa shape index (κ3) is 5.56. The van der Waals surface area contributed by atoms with Gasteiger partial charge in [-0.25, -0.2) is 4.98 Å². The molecule has 5 heteroatoms. The van der Waals surface area contributed by atoms with E-state index in [9.17, 15) is 4.79 Å². The molecule has 1 heterocycles. The lowest BCUT2D eigenvalue weighted by atomic mass is 10.1. The number of nitrogens with zero attached hydrogens (tertiary/aromatic N) is 3. The van der Waals surface area contributed by atoms with E-state index in [1.54, 1.807) is 12.3 Å². The molecular formula is C21H30N4O. The summed E-state index contributed by atoms with van der Waals surface area (Å²) in [6.07, 6.45) is 1.70. The molecule has 0 aliphatic rings. The Bertz CT molecular complexity index is 700. The molecule has 5 nitrogen and oxygen atoms in total. The number of nitrogens with one attached hydrogen (secondary N) is 1. The molecule has 0 aliphatic heterocycles. The maximum absolute atomic E-state index is 12.7. The summed E-state index contributed by atoms with van der Waals surface area (Å²) in [6.45, 7) is 8.07. The molecule has 1 aromatic carbocycles. The minimum atomic E-state index is -0.0854. The Morgan fingerprint density at radius 2 is 1.77 bits per heavy atom. The molecule has 26 heavy (non-hydrogen) atoms. The van der Waals surface area contributed by atoms with Crippen molar-refractivity contribution in [2.75, 3.05) is 25.5 Å². The van der Waals surface area contributed by atoms with Gasteiger partial charge in [-0.15, -0.1) is 0 Å². The summed E-state index contributed by atoms with van der Waals surface area (Å²) in [5.41, 5.74) is 1.88. The highest BCUT2D eigenvalue weighted by Gasteiger charge is 2.19. The van der Waals surface area contributed by atoms with Crippen LogP contribution >= 0.6 is 0 Å². The van der Waals surface area contributed by atoms with Gasteiger partial charge in [0.2, 0.25) is 0 Å². The van der Waals surface area contributed by atoms with Crippen molar-refractivity contribution < 1.29 is 4.79 Å². The first-order valence-corrected chi connectivity index (χ1v) is 9.09. The van der Waals surface area contributed by atoms with Gasteiger partial charge in [0.15, 0.2) is 0 Å². The predicted molar refractivity (Wildman–Crippen MR) is 107 cm³/mol. The van der Waals surface area contributed by atoms with Gasteiger partial charge >= 0.3 is 0 Å². The molecule has 1 atom stereocenters. The molecule has 0 radical (unpaired) electrons. The number of rotatable bonds is 8. The van der Waals surface area contributed by atoms with Crippen LogP contribution in [0.15, 0.2) is 48.7 Å². The van der Waals surface area contributed by atoms with Crippen molar-refractivity contribution in [2.45, 2.75) is 39.4 Å². The lowest BCUT2D eigenvalue weighted by molar-refractivity contribution is 0.0921. The number of pyridine rings is 1. The monoisotopic (exact) mass is 354 g/mol. The number of hydrogen-bond acceptors (Lipinski definition) is 4. The van der Waals surface area contributed by atoms with Crippen molar-refractivity contribution in [3.63, 3.8) is 0 Å². The van der Waals surface area contributed by atoms with Crippen LogP contribution in [0.5, 0.6) is 0 Å². The summed E-state index contributed by atoms with van der Waals surface area (Å²) >= 11 is 0. The van der Waals surface area contributed by atoms with E-state index in [-0.39, 0.29) is 11.9 Å². The zero-order valence-corrected chi connectivity index (χ0v) is 16.4. The van der Waals surface area contributed by atoms with Crippen molar-refractivity contribution in [1.82, 2.24) is 15.2 Å². The van der Waals surface area contributed by atoms with Gasteiger partial charge in [0.05, 0.1) is 5.56 Å². The Labute approximate surface area is 157 Å². The molecular weight excluding hydrogens is 324 g/mol. The summed E-state index contributed by atoms with van der Waals surface area (Å²) in [7, 11) is 3.78. The predicted octanol–water partition coefficient (Wildman–Crippen LogP) is 3.18. The first-order chi connectivity index (χ1) is 12.4. The van der Waals surface area contributed by atoms with Crippen molar-refractivity contribution in [3.05, 3.63) is 59.8 Å². The lowest BCUT2D eigenvalue weighted by Gasteiger charge is -2.30. The minimum Gasteiger partial charge on any atom is -0.362 e. The van der Waals surface area contributed by atoms with Crippen molar-refractivity contribution in [2.24, 2.45) is 0 Å². The average molecular weight is 354 g/mol. The number of benzene rings is 1. The Kier molecular flexibility index (Phi) is 7.16. The van der Waals surface area contributed by atoms with Crippen LogP contribution in [0.3, 0.4) is 0 Å². The van der Waals surface area contributed by atoms with Crippen molar-refractivity contribution >= 4 is 11.7 Å². The van der Waals surface area contributed by atoms with Crippen LogP contribution in [-0.4, -0.2) is 48.5 Å². The molecule has 1 amide bonds. The van der Waals surface area contributed by atoms with Crippen LogP contribution in [0.4, 0.5) is 5.82 Å². The lowest BCUT2D eigenvalue weighted by Crippen LogP contribution is -2.44. The fourth-order valence-corrected chi connectivity index (χ4v) is 2.91. The molecule has 0 aliphatic carbocycles. The Morgan fingerprint density at radius 3 is 2.38 bits per heavy atom. The van der Waals surface area contributed by atoms with Crippen molar-refractivity contribution in [3.8, 4) is 0 Å². The van der Waals surface area contributed by atoms with E-state index in [0.717, 1.165) is 13.1 Å². The Balaban J connectivity index is 2.01. The highest BCUT2D eigenvalue weighted by molar-refractivity contribution is 5.98. The summed E-state index contributed by atoms with van der Waals surface area (Å²) in [5, 5.41) is 3.12. The van der Waals surface area contributed by atoms with Gasteiger partial charge in [-0.3, -0.25) is 9.69 Å². The largest absolute Gasteiger partial charge is 0.362 e. The van der Waals surface area contributed by atoms with Gasteiger partial charge < -0.3 is 10.2 Å². The second kappa shape index (κ2) is 9.34. The van der Waals surface area contributed by atoms with Gasteiger partial charge in [-0.05, 0) is 38.5 Å². The molecule has 0 fully saturated rings. The molecule has 0 spiro atoms. The maximum atomic E-state index is 12.7. The Hall–Kier alpha value is -2.40. The van der Waals surface area contributed by atoms with Crippen LogP contribution in [0.25, 0.3) is 0 Å². The number of aromatic nitrogens is 1. The summed E-state index contributed by atoms with van der Waals surface area (Å²) in [4.78, 5) is 21.2.